The van der Waals surface area contributed by atoms with Crippen LogP contribution in [0.15, 0.2) is 72.8 Å². The van der Waals surface area contributed by atoms with Crippen LogP contribution < -0.4 is 10.1 Å². The Labute approximate surface area is 198 Å². The smallest absolute Gasteiger partial charge is 0.338 e. The van der Waals surface area contributed by atoms with Crippen LogP contribution in [-0.4, -0.2) is 30.1 Å². The van der Waals surface area contributed by atoms with E-state index in [1.807, 2.05) is 62.4 Å². The summed E-state index contributed by atoms with van der Waals surface area (Å²) in [7, 11) is 0. The van der Waals surface area contributed by atoms with Gasteiger partial charge in [0.05, 0.1) is 23.4 Å². The van der Waals surface area contributed by atoms with E-state index in [1.54, 1.807) is 31.2 Å². The SMILES string of the molecule is CCOC(=O)c1ccc2nc(-c3ccccc3)cc(OCC(=O)Nc3c(C)cccc3C)c2c1. The highest BCUT2D eigenvalue weighted by Crippen LogP contribution is 2.31. The third-order valence-corrected chi connectivity index (χ3v) is 5.46. The van der Waals surface area contributed by atoms with Crippen LogP contribution in [-0.2, 0) is 9.53 Å². The number of fused-ring (bicyclic) bond motifs is 1. The fraction of sp³-hybridized carbons (Fsp3) is 0.179. The third kappa shape index (κ3) is 5.07. The summed E-state index contributed by atoms with van der Waals surface area (Å²) in [4.78, 5) is 29.7. The average Bonchev–Trinajstić information content (AvgIpc) is 2.85. The van der Waals surface area contributed by atoms with Crippen molar-refractivity contribution in [3.05, 3.63) is 89.5 Å². The molecule has 172 valence electrons. The second-order valence-corrected chi connectivity index (χ2v) is 7.93. The number of benzene rings is 3. The van der Waals surface area contributed by atoms with Crippen LogP contribution >= 0.6 is 0 Å². The molecule has 1 N–H and O–H groups in total. The second kappa shape index (κ2) is 10.2. The van der Waals surface area contributed by atoms with Crippen LogP contribution in [0.5, 0.6) is 5.75 Å². The molecule has 0 aliphatic carbocycles. The standard InChI is InChI=1S/C28H26N2O4/c1-4-33-28(32)21-13-14-23-22(15-21)25(16-24(29-23)20-11-6-5-7-12-20)34-17-26(31)30-27-18(2)9-8-10-19(27)3/h5-16H,4,17H2,1-3H3,(H,30,31). The molecule has 0 fully saturated rings. The number of amides is 1. The van der Waals surface area contributed by atoms with E-state index in [0.717, 1.165) is 22.4 Å². The molecule has 6 heteroatoms. The van der Waals surface area contributed by atoms with Crippen molar-refractivity contribution in [2.24, 2.45) is 0 Å². The summed E-state index contributed by atoms with van der Waals surface area (Å²) in [5.74, 6) is -0.230. The lowest BCUT2D eigenvalue weighted by atomic mass is 10.1. The van der Waals surface area contributed by atoms with Gasteiger partial charge in [-0.05, 0) is 50.1 Å². The van der Waals surface area contributed by atoms with E-state index in [-0.39, 0.29) is 19.1 Å². The molecule has 0 bridgehead atoms. The number of aromatic nitrogens is 1. The number of pyridine rings is 1. The zero-order valence-corrected chi connectivity index (χ0v) is 19.4. The zero-order chi connectivity index (χ0) is 24.1. The highest BCUT2D eigenvalue weighted by atomic mass is 16.5. The van der Waals surface area contributed by atoms with Gasteiger partial charge >= 0.3 is 5.97 Å². The zero-order valence-electron chi connectivity index (χ0n) is 19.4. The summed E-state index contributed by atoms with van der Waals surface area (Å²) in [5.41, 5.74) is 5.42. The predicted molar refractivity (Wildman–Crippen MR) is 133 cm³/mol. The van der Waals surface area contributed by atoms with Gasteiger partial charge in [-0.15, -0.1) is 0 Å². The number of carbonyl (C=O) groups is 2. The maximum Gasteiger partial charge on any atom is 0.338 e. The molecule has 34 heavy (non-hydrogen) atoms. The lowest BCUT2D eigenvalue weighted by Gasteiger charge is -2.14. The van der Waals surface area contributed by atoms with Crippen LogP contribution in [0.4, 0.5) is 5.69 Å². The van der Waals surface area contributed by atoms with Gasteiger partial charge in [0, 0.05) is 22.7 Å². The maximum atomic E-state index is 12.7. The first-order valence-electron chi connectivity index (χ1n) is 11.1. The fourth-order valence-electron chi connectivity index (χ4n) is 3.74. The third-order valence-electron chi connectivity index (χ3n) is 5.46. The molecule has 0 saturated heterocycles. The van der Waals surface area contributed by atoms with Gasteiger partial charge in [0.15, 0.2) is 6.61 Å². The van der Waals surface area contributed by atoms with E-state index in [0.29, 0.717) is 27.9 Å². The number of aryl methyl sites for hydroxylation is 2. The van der Waals surface area contributed by atoms with Crippen LogP contribution in [0, 0.1) is 13.8 Å². The molecule has 4 aromatic rings. The summed E-state index contributed by atoms with van der Waals surface area (Å²) < 4.78 is 11.1. The number of nitrogens with zero attached hydrogens (tertiary/aromatic N) is 1. The summed E-state index contributed by atoms with van der Waals surface area (Å²) in [6.07, 6.45) is 0. The molecule has 4 rings (SSSR count). The Bertz CT molecular complexity index is 1330. The number of rotatable bonds is 7. The van der Waals surface area contributed by atoms with E-state index in [4.69, 9.17) is 14.5 Å². The van der Waals surface area contributed by atoms with Gasteiger partial charge in [0.25, 0.3) is 5.91 Å². The molecule has 3 aromatic carbocycles. The lowest BCUT2D eigenvalue weighted by molar-refractivity contribution is -0.118. The minimum atomic E-state index is -0.421. The molecule has 0 radical (unpaired) electrons. The van der Waals surface area contributed by atoms with Crippen molar-refractivity contribution in [1.29, 1.82) is 0 Å². The number of hydrogen-bond acceptors (Lipinski definition) is 5. The quantitative estimate of drug-likeness (QED) is 0.362. The second-order valence-electron chi connectivity index (χ2n) is 7.93. The molecule has 0 aliphatic heterocycles. The first kappa shape index (κ1) is 23.0. The summed E-state index contributed by atoms with van der Waals surface area (Å²) in [6, 6.07) is 22.5. The van der Waals surface area contributed by atoms with Crippen molar-refractivity contribution >= 4 is 28.5 Å². The monoisotopic (exact) mass is 454 g/mol. The van der Waals surface area contributed by atoms with E-state index in [1.165, 1.54) is 0 Å². The fourth-order valence-corrected chi connectivity index (χ4v) is 3.74. The largest absolute Gasteiger partial charge is 0.483 e. The van der Waals surface area contributed by atoms with Crippen molar-refractivity contribution in [2.75, 3.05) is 18.5 Å². The van der Waals surface area contributed by atoms with E-state index in [9.17, 15) is 9.59 Å². The predicted octanol–water partition coefficient (Wildman–Crippen LogP) is 5.71. The normalized spacial score (nSPS) is 10.7. The van der Waals surface area contributed by atoms with Crippen LogP contribution in [0.25, 0.3) is 22.2 Å². The first-order chi connectivity index (χ1) is 16.5. The molecule has 0 saturated carbocycles. The van der Waals surface area contributed by atoms with Crippen molar-refractivity contribution in [2.45, 2.75) is 20.8 Å². The molecule has 1 aromatic heterocycles. The molecule has 1 heterocycles. The highest BCUT2D eigenvalue weighted by molar-refractivity contribution is 5.98. The number of carbonyl (C=O) groups excluding carboxylic acids is 2. The number of anilines is 1. The van der Waals surface area contributed by atoms with E-state index >= 15 is 0 Å². The average molecular weight is 455 g/mol. The molecule has 0 unspecified atom stereocenters. The topological polar surface area (TPSA) is 77.5 Å². The van der Waals surface area contributed by atoms with Crippen molar-refractivity contribution in [3.8, 4) is 17.0 Å². The van der Waals surface area contributed by atoms with Gasteiger partial charge in [0.1, 0.15) is 5.75 Å². The van der Waals surface area contributed by atoms with Gasteiger partial charge < -0.3 is 14.8 Å². The van der Waals surface area contributed by atoms with Crippen molar-refractivity contribution in [3.63, 3.8) is 0 Å². The van der Waals surface area contributed by atoms with E-state index in [2.05, 4.69) is 5.32 Å². The lowest BCUT2D eigenvalue weighted by Crippen LogP contribution is -2.21. The minimum absolute atomic E-state index is 0.190. The molecular formula is C28H26N2O4. The number of nitrogens with one attached hydrogen (secondary N) is 1. The van der Waals surface area contributed by atoms with E-state index < -0.39 is 5.97 Å². The van der Waals surface area contributed by atoms with Crippen molar-refractivity contribution < 1.29 is 19.1 Å². The van der Waals surface area contributed by atoms with Crippen LogP contribution in [0.3, 0.4) is 0 Å². The Hall–Kier alpha value is -4.19. The number of hydrogen-bond donors (Lipinski definition) is 1. The highest BCUT2D eigenvalue weighted by Gasteiger charge is 2.15. The first-order valence-corrected chi connectivity index (χ1v) is 11.1. The van der Waals surface area contributed by atoms with Gasteiger partial charge in [-0.3, -0.25) is 4.79 Å². The van der Waals surface area contributed by atoms with Gasteiger partial charge in [-0.1, -0.05) is 48.5 Å². The number of para-hydroxylation sites is 1. The van der Waals surface area contributed by atoms with Crippen LogP contribution in [0.2, 0.25) is 0 Å². The van der Waals surface area contributed by atoms with Gasteiger partial charge in [0.2, 0.25) is 0 Å². The Balaban J connectivity index is 1.67. The molecule has 6 nitrogen and oxygen atoms in total. The van der Waals surface area contributed by atoms with Crippen molar-refractivity contribution in [1.82, 2.24) is 4.98 Å². The minimum Gasteiger partial charge on any atom is -0.483 e. The molecular weight excluding hydrogens is 428 g/mol. The molecule has 0 atom stereocenters. The number of ether oxygens (including phenoxy) is 2. The summed E-state index contributed by atoms with van der Waals surface area (Å²) in [5, 5.41) is 3.57. The van der Waals surface area contributed by atoms with Gasteiger partial charge in [-0.2, -0.15) is 0 Å². The Kier molecular flexibility index (Phi) is 6.87. The number of esters is 1. The summed E-state index contributed by atoms with van der Waals surface area (Å²) >= 11 is 0. The molecule has 0 aliphatic rings. The molecule has 1 amide bonds. The Morgan fingerprint density at radius 2 is 1.65 bits per heavy atom. The van der Waals surface area contributed by atoms with Crippen LogP contribution in [0.1, 0.15) is 28.4 Å². The van der Waals surface area contributed by atoms with Gasteiger partial charge in [-0.25, -0.2) is 9.78 Å². The Morgan fingerprint density at radius 1 is 0.912 bits per heavy atom. The Morgan fingerprint density at radius 3 is 2.35 bits per heavy atom. The molecule has 0 spiro atoms. The summed E-state index contributed by atoms with van der Waals surface area (Å²) in [6.45, 7) is 5.75. The maximum absolute atomic E-state index is 12.7.